The van der Waals surface area contributed by atoms with E-state index in [0.29, 0.717) is 13.0 Å². The van der Waals surface area contributed by atoms with E-state index in [2.05, 4.69) is 5.10 Å². The molecule has 0 spiro atoms. The Balaban J connectivity index is 1.97. The van der Waals surface area contributed by atoms with Crippen LogP contribution in [0.4, 0.5) is 4.39 Å². The molecule has 6 heteroatoms. The zero-order valence-electron chi connectivity index (χ0n) is 9.66. The summed E-state index contributed by atoms with van der Waals surface area (Å²) in [5.74, 6) is -0.413. The van der Waals surface area contributed by atoms with Crippen LogP contribution in [0.3, 0.4) is 0 Å². The van der Waals surface area contributed by atoms with Crippen LogP contribution in [-0.2, 0) is 16.4 Å². The molecular formula is C12H13FN2O2S. The zero-order valence-corrected chi connectivity index (χ0v) is 10.5. The molecule has 0 fully saturated rings. The molecule has 2 aromatic rings. The summed E-state index contributed by atoms with van der Waals surface area (Å²) in [6, 6.07) is 6.67. The standard InChI is InChI=1S/C12H13FN2O2S/c13-11-3-5-12(6-4-11)18(16,17)10-2-9-15-8-1-7-14-15/h1,3-8H,2,9-10H2. The lowest BCUT2D eigenvalue weighted by molar-refractivity contribution is 0.572. The smallest absolute Gasteiger partial charge is 0.178 e. The maximum Gasteiger partial charge on any atom is 0.178 e. The van der Waals surface area contributed by atoms with Crippen LogP contribution in [-0.4, -0.2) is 24.0 Å². The predicted octanol–water partition coefficient (Wildman–Crippen LogP) is 1.89. The van der Waals surface area contributed by atoms with Crippen LogP contribution in [0.25, 0.3) is 0 Å². The van der Waals surface area contributed by atoms with Gasteiger partial charge in [-0.3, -0.25) is 4.68 Å². The first-order chi connectivity index (χ1) is 8.58. The third kappa shape index (κ3) is 3.16. The van der Waals surface area contributed by atoms with E-state index in [4.69, 9.17) is 0 Å². The van der Waals surface area contributed by atoms with E-state index in [0.717, 1.165) is 12.1 Å². The highest BCUT2D eigenvalue weighted by Crippen LogP contribution is 2.13. The number of halogens is 1. The third-order valence-electron chi connectivity index (χ3n) is 2.53. The second-order valence-electron chi connectivity index (χ2n) is 3.90. The maximum atomic E-state index is 12.7. The molecule has 0 aliphatic rings. The topological polar surface area (TPSA) is 52.0 Å². The van der Waals surface area contributed by atoms with Crippen molar-refractivity contribution in [3.8, 4) is 0 Å². The number of benzene rings is 1. The van der Waals surface area contributed by atoms with Crippen molar-refractivity contribution in [3.05, 3.63) is 48.5 Å². The van der Waals surface area contributed by atoms with Gasteiger partial charge in [0.05, 0.1) is 10.6 Å². The molecule has 0 saturated carbocycles. The monoisotopic (exact) mass is 268 g/mol. The molecule has 18 heavy (non-hydrogen) atoms. The van der Waals surface area contributed by atoms with Crippen molar-refractivity contribution in [2.45, 2.75) is 17.9 Å². The van der Waals surface area contributed by atoms with Gasteiger partial charge in [0.15, 0.2) is 9.84 Å². The molecule has 1 heterocycles. The molecule has 96 valence electrons. The van der Waals surface area contributed by atoms with Crippen LogP contribution in [0.15, 0.2) is 47.6 Å². The highest BCUT2D eigenvalue weighted by molar-refractivity contribution is 7.91. The fraction of sp³-hybridized carbons (Fsp3) is 0.250. The molecule has 2 rings (SSSR count). The average molecular weight is 268 g/mol. The number of hydrogen-bond acceptors (Lipinski definition) is 3. The maximum absolute atomic E-state index is 12.7. The SMILES string of the molecule is O=S(=O)(CCCn1cccn1)c1ccc(F)cc1. The summed E-state index contributed by atoms with van der Waals surface area (Å²) >= 11 is 0. The van der Waals surface area contributed by atoms with Gasteiger partial charge in [0.25, 0.3) is 0 Å². The lowest BCUT2D eigenvalue weighted by Crippen LogP contribution is -2.10. The first-order valence-electron chi connectivity index (χ1n) is 5.54. The van der Waals surface area contributed by atoms with E-state index in [1.54, 1.807) is 23.1 Å². The van der Waals surface area contributed by atoms with Gasteiger partial charge in [-0.05, 0) is 36.8 Å². The van der Waals surface area contributed by atoms with Crippen molar-refractivity contribution < 1.29 is 12.8 Å². The summed E-state index contributed by atoms with van der Waals surface area (Å²) in [4.78, 5) is 0.157. The first-order valence-corrected chi connectivity index (χ1v) is 7.19. The van der Waals surface area contributed by atoms with Gasteiger partial charge in [-0.25, -0.2) is 12.8 Å². The fourth-order valence-electron chi connectivity index (χ4n) is 1.61. The van der Waals surface area contributed by atoms with Crippen LogP contribution in [0, 0.1) is 5.82 Å². The molecule has 1 aromatic heterocycles. The Hall–Kier alpha value is -1.69. The Morgan fingerprint density at radius 3 is 2.56 bits per heavy atom. The molecule has 0 N–H and O–H groups in total. The van der Waals surface area contributed by atoms with Gasteiger partial charge >= 0.3 is 0 Å². The van der Waals surface area contributed by atoms with Gasteiger partial charge < -0.3 is 0 Å². The van der Waals surface area contributed by atoms with Crippen LogP contribution >= 0.6 is 0 Å². The quantitative estimate of drug-likeness (QED) is 0.778. The second kappa shape index (κ2) is 5.30. The first kappa shape index (κ1) is 12.8. The molecule has 0 saturated heterocycles. The van der Waals surface area contributed by atoms with E-state index in [1.165, 1.54) is 12.1 Å². The van der Waals surface area contributed by atoms with Crippen molar-refractivity contribution in [2.24, 2.45) is 0 Å². The Labute approximate surface area is 105 Å². The van der Waals surface area contributed by atoms with Gasteiger partial charge in [-0.2, -0.15) is 5.10 Å². The average Bonchev–Trinajstić information content (AvgIpc) is 2.82. The molecule has 0 radical (unpaired) electrons. The molecular weight excluding hydrogens is 255 g/mol. The molecule has 4 nitrogen and oxygen atoms in total. The molecule has 0 unspecified atom stereocenters. The third-order valence-corrected chi connectivity index (χ3v) is 4.35. The van der Waals surface area contributed by atoms with Gasteiger partial charge in [0.2, 0.25) is 0 Å². The predicted molar refractivity (Wildman–Crippen MR) is 65.3 cm³/mol. The number of aryl methyl sites for hydroxylation is 1. The molecule has 1 aromatic carbocycles. The Kier molecular flexibility index (Phi) is 3.76. The van der Waals surface area contributed by atoms with Crippen LogP contribution in [0.1, 0.15) is 6.42 Å². The summed E-state index contributed by atoms with van der Waals surface area (Å²) in [5, 5.41) is 3.99. The number of nitrogens with zero attached hydrogens (tertiary/aromatic N) is 2. The summed E-state index contributed by atoms with van der Waals surface area (Å²) in [7, 11) is -3.34. The minimum atomic E-state index is -3.34. The Bertz CT molecular complexity index is 592. The fourth-order valence-corrected chi connectivity index (χ4v) is 2.90. The van der Waals surface area contributed by atoms with Crippen LogP contribution < -0.4 is 0 Å². The summed E-state index contributed by atoms with van der Waals surface area (Å²) in [5.41, 5.74) is 0. The largest absolute Gasteiger partial charge is 0.273 e. The van der Waals surface area contributed by atoms with Crippen LogP contribution in [0.5, 0.6) is 0 Å². The van der Waals surface area contributed by atoms with Gasteiger partial charge in [0, 0.05) is 18.9 Å². The van der Waals surface area contributed by atoms with Crippen molar-refractivity contribution in [3.63, 3.8) is 0 Å². The van der Waals surface area contributed by atoms with Crippen molar-refractivity contribution in [1.29, 1.82) is 0 Å². The van der Waals surface area contributed by atoms with E-state index in [9.17, 15) is 12.8 Å². The minimum absolute atomic E-state index is 0.0263. The van der Waals surface area contributed by atoms with Gasteiger partial charge in [0.1, 0.15) is 5.82 Å². The summed E-state index contributed by atoms with van der Waals surface area (Å²) < 4.78 is 38.2. The molecule has 0 amide bonds. The molecule has 0 aliphatic heterocycles. The lowest BCUT2D eigenvalue weighted by Gasteiger charge is -2.04. The highest BCUT2D eigenvalue weighted by atomic mass is 32.2. The van der Waals surface area contributed by atoms with Crippen LogP contribution in [0.2, 0.25) is 0 Å². The molecule has 0 atom stereocenters. The molecule has 0 aliphatic carbocycles. The van der Waals surface area contributed by atoms with Crippen molar-refractivity contribution in [1.82, 2.24) is 9.78 Å². The zero-order chi connectivity index (χ0) is 13.0. The van der Waals surface area contributed by atoms with E-state index in [1.807, 2.05) is 0 Å². The summed E-state index contributed by atoms with van der Waals surface area (Å²) in [6.45, 7) is 0.549. The van der Waals surface area contributed by atoms with Crippen molar-refractivity contribution in [2.75, 3.05) is 5.75 Å². The Morgan fingerprint density at radius 1 is 1.22 bits per heavy atom. The van der Waals surface area contributed by atoms with E-state index >= 15 is 0 Å². The van der Waals surface area contributed by atoms with Gasteiger partial charge in [-0.1, -0.05) is 0 Å². The number of sulfone groups is 1. The lowest BCUT2D eigenvalue weighted by atomic mass is 10.4. The minimum Gasteiger partial charge on any atom is -0.273 e. The number of aromatic nitrogens is 2. The van der Waals surface area contributed by atoms with E-state index in [-0.39, 0.29) is 10.6 Å². The van der Waals surface area contributed by atoms with E-state index < -0.39 is 15.7 Å². The highest BCUT2D eigenvalue weighted by Gasteiger charge is 2.13. The second-order valence-corrected chi connectivity index (χ2v) is 6.00. The number of hydrogen-bond donors (Lipinski definition) is 0. The molecule has 0 bridgehead atoms. The summed E-state index contributed by atoms with van der Waals surface area (Å²) in [6.07, 6.45) is 3.90. The van der Waals surface area contributed by atoms with Gasteiger partial charge in [-0.15, -0.1) is 0 Å². The Morgan fingerprint density at radius 2 is 1.94 bits per heavy atom. The normalized spacial score (nSPS) is 11.6. The number of rotatable bonds is 5. The van der Waals surface area contributed by atoms with Crippen molar-refractivity contribution >= 4 is 9.84 Å².